The van der Waals surface area contributed by atoms with Crippen LogP contribution in [-0.4, -0.2) is 4.92 Å². The third kappa shape index (κ3) is 3.23. The van der Waals surface area contributed by atoms with Gasteiger partial charge in [-0.25, -0.2) is 8.78 Å². The number of halogens is 4. The molecule has 20 heavy (non-hydrogen) atoms. The molecule has 0 aliphatic heterocycles. The summed E-state index contributed by atoms with van der Waals surface area (Å²) in [5.41, 5.74) is -0.00845. The van der Waals surface area contributed by atoms with Gasteiger partial charge in [0, 0.05) is 16.2 Å². The van der Waals surface area contributed by atoms with Crippen LogP contribution in [0, 0.1) is 25.3 Å². The van der Waals surface area contributed by atoms with Crippen molar-refractivity contribution >= 4 is 55.6 Å². The summed E-state index contributed by atoms with van der Waals surface area (Å²) in [6, 6.07) is 6.36. The molecule has 2 rings (SSSR count). The average molecular weight is 455 g/mol. The van der Waals surface area contributed by atoms with Gasteiger partial charge in [0.1, 0.15) is 5.69 Å². The van der Waals surface area contributed by atoms with Crippen molar-refractivity contribution in [3.63, 3.8) is 0 Å². The topological polar surface area (TPSA) is 55.2 Å². The van der Waals surface area contributed by atoms with Crippen molar-refractivity contribution in [1.82, 2.24) is 0 Å². The molecule has 0 bridgehead atoms. The van der Waals surface area contributed by atoms with Gasteiger partial charge in [-0.15, -0.1) is 0 Å². The molecule has 0 radical (unpaired) electrons. The van der Waals surface area contributed by atoms with Crippen molar-refractivity contribution in [2.75, 3.05) is 5.32 Å². The maximum absolute atomic E-state index is 13.7. The minimum Gasteiger partial charge on any atom is -0.351 e. The second-order valence-corrected chi connectivity index (χ2v) is 5.87. The van der Waals surface area contributed by atoms with Gasteiger partial charge in [-0.1, -0.05) is 15.9 Å². The molecule has 0 saturated heterocycles. The second-order valence-electron chi connectivity index (χ2n) is 3.79. The minimum atomic E-state index is -0.759. The molecular weight excluding hydrogens is 449 g/mol. The van der Waals surface area contributed by atoms with Gasteiger partial charge in [-0.05, 0) is 46.9 Å². The summed E-state index contributed by atoms with van der Waals surface area (Å²) in [4.78, 5) is 10.2. The molecule has 0 spiro atoms. The molecule has 0 unspecified atom stereocenters. The molecule has 0 amide bonds. The summed E-state index contributed by atoms with van der Waals surface area (Å²) >= 11 is 4.78. The Labute approximate surface area is 134 Å². The lowest BCUT2D eigenvalue weighted by Gasteiger charge is -2.09. The smallest absolute Gasteiger partial charge is 0.282 e. The van der Waals surface area contributed by atoms with Gasteiger partial charge in [0.05, 0.1) is 8.49 Å². The van der Waals surface area contributed by atoms with Crippen LogP contribution < -0.4 is 5.32 Å². The highest BCUT2D eigenvalue weighted by Crippen LogP contribution is 2.29. The molecule has 104 valence electrons. The summed E-state index contributed by atoms with van der Waals surface area (Å²) in [6.07, 6.45) is 0. The van der Waals surface area contributed by atoms with Crippen LogP contribution in [0.3, 0.4) is 0 Å². The number of nitrogens with one attached hydrogen (secondary N) is 1. The monoisotopic (exact) mass is 454 g/mol. The van der Waals surface area contributed by atoms with Crippen molar-refractivity contribution < 1.29 is 13.7 Å². The number of hydrogen-bond donors (Lipinski definition) is 1. The lowest BCUT2D eigenvalue weighted by atomic mass is 10.2. The predicted octanol–water partition coefficient (Wildman–Crippen LogP) is 4.98. The molecule has 8 heteroatoms. The van der Waals surface area contributed by atoms with Crippen molar-refractivity contribution in [3.8, 4) is 0 Å². The van der Waals surface area contributed by atoms with E-state index in [4.69, 9.17) is 0 Å². The molecule has 0 aliphatic rings. The molecule has 0 aromatic heterocycles. The summed E-state index contributed by atoms with van der Waals surface area (Å²) < 4.78 is 28.0. The first-order valence-corrected chi connectivity index (χ1v) is 7.11. The fourth-order valence-corrected chi connectivity index (χ4v) is 2.65. The Morgan fingerprint density at radius 2 is 1.80 bits per heavy atom. The zero-order valence-electron chi connectivity index (χ0n) is 9.66. The van der Waals surface area contributed by atoms with Crippen LogP contribution in [0.15, 0.2) is 34.8 Å². The summed E-state index contributed by atoms with van der Waals surface area (Å²) in [5, 5.41) is 13.3. The van der Waals surface area contributed by atoms with Crippen molar-refractivity contribution in [3.05, 3.63) is 60.1 Å². The second kappa shape index (κ2) is 6.00. The standard InChI is InChI=1S/C12H6BrF2IN2O2/c13-6-3-8(14)12(9(15)4-6)17-7-1-2-11(18(19)20)10(16)5-7/h1-5,17H. The summed E-state index contributed by atoms with van der Waals surface area (Å²) in [5.74, 6) is -1.52. The first kappa shape index (κ1) is 15.1. The fourth-order valence-electron chi connectivity index (χ4n) is 1.54. The molecule has 2 aromatic rings. The summed E-state index contributed by atoms with van der Waals surface area (Å²) in [6.45, 7) is 0. The van der Waals surface area contributed by atoms with Gasteiger partial charge in [-0.3, -0.25) is 10.1 Å². The molecular formula is C12H6BrF2IN2O2. The number of anilines is 2. The molecule has 0 saturated carbocycles. The maximum Gasteiger partial charge on any atom is 0.282 e. The number of hydrogen-bond acceptors (Lipinski definition) is 3. The van der Waals surface area contributed by atoms with E-state index in [0.717, 1.165) is 12.1 Å². The SMILES string of the molecule is O=[N+]([O-])c1ccc(Nc2c(F)cc(Br)cc2F)cc1I. The van der Waals surface area contributed by atoms with Crippen molar-refractivity contribution in [2.24, 2.45) is 0 Å². The minimum absolute atomic E-state index is 0.0621. The molecule has 4 nitrogen and oxygen atoms in total. The van der Waals surface area contributed by atoms with E-state index in [1.807, 2.05) is 0 Å². The first-order valence-electron chi connectivity index (χ1n) is 5.24. The Balaban J connectivity index is 2.36. The zero-order valence-corrected chi connectivity index (χ0v) is 13.4. The molecule has 0 aliphatic carbocycles. The largest absolute Gasteiger partial charge is 0.351 e. The number of nitro groups is 1. The number of nitro benzene ring substituents is 1. The molecule has 0 atom stereocenters. The van der Waals surface area contributed by atoms with E-state index in [1.54, 1.807) is 22.6 Å². The van der Waals surface area contributed by atoms with Crippen LogP contribution in [0.2, 0.25) is 0 Å². The van der Waals surface area contributed by atoms with E-state index in [9.17, 15) is 18.9 Å². The van der Waals surface area contributed by atoms with Gasteiger partial charge in [-0.2, -0.15) is 0 Å². The van der Waals surface area contributed by atoms with Crippen molar-refractivity contribution in [2.45, 2.75) is 0 Å². The fraction of sp³-hybridized carbons (Fsp3) is 0. The van der Waals surface area contributed by atoms with Crippen LogP contribution >= 0.6 is 38.5 Å². The first-order chi connectivity index (χ1) is 9.38. The van der Waals surface area contributed by atoms with E-state index >= 15 is 0 Å². The van der Waals surface area contributed by atoms with E-state index < -0.39 is 16.6 Å². The highest BCUT2D eigenvalue weighted by Gasteiger charge is 2.14. The molecule has 0 fully saturated rings. The average Bonchev–Trinajstić information content (AvgIpc) is 2.33. The number of rotatable bonds is 3. The highest BCUT2D eigenvalue weighted by molar-refractivity contribution is 14.1. The predicted molar refractivity (Wildman–Crippen MR) is 83.2 cm³/mol. The normalized spacial score (nSPS) is 10.4. The van der Waals surface area contributed by atoms with E-state index in [1.165, 1.54) is 18.2 Å². The van der Waals surface area contributed by atoms with Crippen LogP contribution in [-0.2, 0) is 0 Å². The van der Waals surface area contributed by atoms with Crippen LogP contribution in [0.25, 0.3) is 0 Å². The Morgan fingerprint density at radius 1 is 1.20 bits per heavy atom. The van der Waals surface area contributed by atoms with Gasteiger partial charge in [0.2, 0.25) is 0 Å². The molecule has 1 N–H and O–H groups in total. The molecule has 0 heterocycles. The van der Waals surface area contributed by atoms with Gasteiger partial charge in [0.15, 0.2) is 11.6 Å². The van der Waals surface area contributed by atoms with E-state index in [2.05, 4.69) is 21.2 Å². The Hall–Kier alpha value is -1.29. The Kier molecular flexibility index (Phi) is 4.53. The lowest BCUT2D eigenvalue weighted by molar-refractivity contribution is -0.385. The number of nitrogens with zero attached hydrogens (tertiary/aromatic N) is 1. The summed E-state index contributed by atoms with van der Waals surface area (Å²) in [7, 11) is 0. The quantitative estimate of drug-likeness (QED) is 0.404. The van der Waals surface area contributed by atoms with Gasteiger partial charge >= 0.3 is 0 Å². The van der Waals surface area contributed by atoms with Gasteiger partial charge < -0.3 is 5.32 Å². The third-order valence-electron chi connectivity index (χ3n) is 2.42. The Bertz CT molecular complexity index is 674. The highest BCUT2D eigenvalue weighted by atomic mass is 127. The van der Waals surface area contributed by atoms with Crippen molar-refractivity contribution in [1.29, 1.82) is 0 Å². The third-order valence-corrected chi connectivity index (χ3v) is 3.74. The van der Waals surface area contributed by atoms with Crippen LogP contribution in [0.4, 0.5) is 25.8 Å². The number of benzene rings is 2. The van der Waals surface area contributed by atoms with Crippen LogP contribution in [0.5, 0.6) is 0 Å². The van der Waals surface area contributed by atoms with Gasteiger partial charge in [0.25, 0.3) is 5.69 Å². The van der Waals surface area contributed by atoms with E-state index in [0.29, 0.717) is 9.26 Å². The zero-order chi connectivity index (χ0) is 14.9. The maximum atomic E-state index is 13.7. The molecule has 2 aromatic carbocycles. The van der Waals surface area contributed by atoms with E-state index in [-0.39, 0.29) is 15.8 Å². The lowest BCUT2D eigenvalue weighted by Crippen LogP contribution is -1.99. The van der Waals surface area contributed by atoms with Crippen LogP contribution in [0.1, 0.15) is 0 Å². The Morgan fingerprint density at radius 3 is 2.30 bits per heavy atom.